The third kappa shape index (κ3) is 2.77. The topological polar surface area (TPSA) is 38.0 Å². The molecule has 1 fully saturated rings. The maximum atomic E-state index is 13.7. The smallest absolute Gasteiger partial charge is 0.182 e. The van der Waals surface area contributed by atoms with Gasteiger partial charge in [0.1, 0.15) is 4.99 Å². The molecule has 0 unspecified atom stereocenters. The molecule has 0 heterocycles. The zero-order valence-corrected chi connectivity index (χ0v) is 10.8. The summed E-state index contributed by atoms with van der Waals surface area (Å²) in [5.41, 5.74) is 5.43. The standard InChI is InChI=1S/C13H16F2N2S/c14-11-9(13(16)18)4-5-10(12(11)15)17-7-6-8-2-1-3-8/h4-5,8,17H,1-3,6-7H2,(H2,16,18). The highest BCUT2D eigenvalue weighted by molar-refractivity contribution is 7.80. The minimum atomic E-state index is -0.976. The highest BCUT2D eigenvalue weighted by Gasteiger charge is 2.18. The van der Waals surface area contributed by atoms with Crippen LogP contribution < -0.4 is 11.1 Å². The molecule has 0 radical (unpaired) electrons. The van der Waals surface area contributed by atoms with Crippen LogP contribution in [0.5, 0.6) is 0 Å². The first-order valence-corrected chi connectivity index (χ1v) is 6.52. The molecule has 98 valence electrons. The van der Waals surface area contributed by atoms with Gasteiger partial charge < -0.3 is 11.1 Å². The van der Waals surface area contributed by atoms with E-state index in [4.69, 9.17) is 5.73 Å². The Balaban J connectivity index is 1.99. The third-order valence-electron chi connectivity index (χ3n) is 3.44. The van der Waals surface area contributed by atoms with Crippen LogP contribution in [0.15, 0.2) is 12.1 Å². The largest absolute Gasteiger partial charge is 0.389 e. The number of rotatable bonds is 5. The lowest BCUT2D eigenvalue weighted by Crippen LogP contribution is -2.17. The molecule has 2 rings (SSSR count). The number of hydrogen-bond donors (Lipinski definition) is 2. The molecule has 0 aromatic heterocycles. The average molecular weight is 270 g/mol. The lowest BCUT2D eigenvalue weighted by molar-refractivity contribution is 0.303. The van der Waals surface area contributed by atoms with Crippen molar-refractivity contribution in [1.82, 2.24) is 0 Å². The van der Waals surface area contributed by atoms with E-state index in [1.54, 1.807) is 0 Å². The SMILES string of the molecule is NC(=S)c1ccc(NCCC2CCC2)c(F)c1F. The van der Waals surface area contributed by atoms with Crippen LogP contribution in [0.1, 0.15) is 31.2 Å². The summed E-state index contributed by atoms with van der Waals surface area (Å²) in [5.74, 6) is -1.15. The zero-order valence-electron chi connectivity index (χ0n) is 10.0. The summed E-state index contributed by atoms with van der Waals surface area (Å²) in [6.07, 6.45) is 4.78. The third-order valence-corrected chi connectivity index (χ3v) is 3.66. The van der Waals surface area contributed by atoms with Crippen LogP contribution in [0, 0.1) is 17.6 Å². The molecular formula is C13H16F2N2S. The minimum absolute atomic E-state index is 0.0490. The van der Waals surface area contributed by atoms with Gasteiger partial charge in [-0.05, 0) is 24.5 Å². The summed E-state index contributed by atoms with van der Waals surface area (Å²) in [5, 5.41) is 2.92. The zero-order chi connectivity index (χ0) is 13.1. The van der Waals surface area contributed by atoms with Crippen molar-refractivity contribution in [3.8, 4) is 0 Å². The molecule has 3 N–H and O–H groups in total. The van der Waals surface area contributed by atoms with E-state index in [9.17, 15) is 8.78 Å². The minimum Gasteiger partial charge on any atom is -0.389 e. The molecule has 0 bridgehead atoms. The van der Waals surface area contributed by atoms with E-state index in [1.165, 1.54) is 31.4 Å². The molecule has 1 aliphatic carbocycles. The van der Waals surface area contributed by atoms with Gasteiger partial charge in [-0.15, -0.1) is 0 Å². The van der Waals surface area contributed by atoms with Crippen LogP contribution in [0.2, 0.25) is 0 Å². The van der Waals surface area contributed by atoms with Gasteiger partial charge in [0.2, 0.25) is 0 Å². The Kier molecular flexibility index (Phi) is 4.11. The number of hydrogen-bond acceptors (Lipinski definition) is 2. The van der Waals surface area contributed by atoms with Crippen molar-refractivity contribution < 1.29 is 8.78 Å². The van der Waals surface area contributed by atoms with Gasteiger partial charge in [-0.25, -0.2) is 8.78 Å². The van der Waals surface area contributed by atoms with Gasteiger partial charge in [-0.2, -0.15) is 0 Å². The number of nitrogens with two attached hydrogens (primary N) is 1. The molecule has 0 spiro atoms. The normalized spacial score (nSPS) is 15.2. The first-order chi connectivity index (χ1) is 8.59. The fourth-order valence-electron chi connectivity index (χ4n) is 2.07. The maximum absolute atomic E-state index is 13.7. The van der Waals surface area contributed by atoms with Gasteiger partial charge >= 0.3 is 0 Å². The summed E-state index contributed by atoms with van der Waals surface area (Å²) < 4.78 is 27.3. The van der Waals surface area contributed by atoms with Gasteiger partial charge in [0, 0.05) is 12.1 Å². The second-order valence-electron chi connectivity index (χ2n) is 4.67. The molecule has 18 heavy (non-hydrogen) atoms. The van der Waals surface area contributed by atoms with Gasteiger partial charge in [0.05, 0.1) is 5.69 Å². The monoisotopic (exact) mass is 270 g/mol. The predicted octanol–water partition coefficient (Wildman–Crippen LogP) is 3.20. The number of halogens is 2. The Morgan fingerprint density at radius 2 is 2.06 bits per heavy atom. The quantitative estimate of drug-likeness (QED) is 0.807. The van der Waals surface area contributed by atoms with Crippen molar-refractivity contribution >= 4 is 22.9 Å². The number of thiocarbonyl (C=S) groups is 1. The van der Waals surface area contributed by atoms with Crippen LogP contribution in [0.25, 0.3) is 0 Å². The highest BCUT2D eigenvalue weighted by Crippen LogP contribution is 2.29. The Labute approximate surface area is 111 Å². The van der Waals surface area contributed by atoms with E-state index in [0.29, 0.717) is 6.54 Å². The van der Waals surface area contributed by atoms with Crippen LogP contribution in [0.4, 0.5) is 14.5 Å². The molecule has 1 aromatic carbocycles. The predicted molar refractivity (Wildman–Crippen MR) is 72.7 cm³/mol. The lowest BCUT2D eigenvalue weighted by Gasteiger charge is -2.25. The fraction of sp³-hybridized carbons (Fsp3) is 0.462. The molecule has 1 saturated carbocycles. The van der Waals surface area contributed by atoms with E-state index in [-0.39, 0.29) is 16.2 Å². The molecular weight excluding hydrogens is 254 g/mol. The van der Waals surface area contributed by atoms with Gasteiger partial charge in [0.15, 0.2) is 11.6 Å². The summed E-state index contributed by atoms with van der Waals surface area (Å²) in [7, 11) is 0. The second kappa shape index (κ2) is 5.61. The second-order valence-corrected chi connectivity index (χ2v) is 5.11. The van der Waals surface area contributed by atoms with Crippen molar-refractivity contribution in [2.45, 2.75) is 25.7 Å². The van der Waals surface area contributed by atoms with Gasteiger partial charge in [0.25, 0.3) is 0 Å². The molecule has 1 aliphatic rings. The van der Waals surface area contributed by atoms with Crippen LogP contribution in [-0.4, -0.2) is 11.5 Å². The lowest BCUT2D eigenvalue weighted by atomic mass is 9.83. The summed E-state index contributed by atoms with van der Waals surface area (Å²) in [6, 6.07) is 2.89. The maximum Gasteiger partial charge on any atom is 0.182 e. The van der Waals surface area contributed by atoms with E-state index in [2.05, 4.69) is 17.5 Å². The summed E-state index contributed by atoms with van der Waals surface area (Å²) >= 11 is 4.65. The first kappa shape index (κ1) is 13.2. The molecule has 0 atom stereocenters. The van der Waals surface area contributed by atoms with Crippen LogP contribution in [-0.2, 0) is 0 Å². The van der Waals surface area contributed by atoms with Crippen molar-refractivity contribution in [2.75, 3.05) is 11.9 Å². The highest BCUT2D eigenvalue weighted by atomic mass is 32.1. The van der Waals surface area contributed by atoms with Gasteiger partial charge in [-0.1, -0.05) is 31.5 Å². The molecule has 2 nitrogen and oxygen atoms in total. The first-order valence-electron chi connectivity index (χ1n) is 6.11. The number of nitrogens with one attached hydrogen (secondary N) is 1. The Bertz CT molecular complexity index is 459. The molecule has 0 saturated heterocycles. The summed E-state index contributed by atoms with van der Waals surface area (Å²) in [6.45, 7) is 0.660. The molecule has 1 aromatic rings. The van der Waals surface area contributed by atoms with E-state index < -0.39 is 11.6 Å². The Hall–Kier alpha value is -1.23. The Morgan fingerprint density at radius 3 is 2.61 bits per heavy atom. The van der Waals surface area contributed by atoms with E-state index in [1.807, 2.05) is 0 Å². The van der Waals surface area contributed by atoms with Crippen LogP contribution >= 0.6 is 12.2 Å². The van der Waals surface area contributed by atoms with E-state index >= 15 is 0 Å². The van der Waals surface area contributed by atoms with Gasteiger partial charge in [-0.3, -0.25) is 0 Å². The summed E-state index contributed by atoms with van der Waals surface area (Å²) in [4.78, 5) is -0.132. The molecule has 5 heteroatoms. The molecule has 0 amide bonds. The van der Waals surface area contributed by atoms with Crippen molar-refractivity contribution in [1.29, 1.82) is 0 Å². The fourth-order valence-corrected chi connectivity index (χ4v) is 2.23. The average Bonchev–Trinajstić information content (AvgIpc) is 2.27. The molecule has 0 aliphatic heterocycles. The van der Waals surface area contributed by atoms with Crippen molar-refractivity contribution in [2.24, 2.45) is 11.7 Å². The van der Waals surface area contributed by atoms with Crippen molar-refractivity contribution in [3.05, 3.63) is 29.3 Å². The van der Waals surface area contributed by atoms with E-state index in [0.717, 1.165) is 12.3 Å². The van der Waals surface area contributed by atoms with Crippen molar-refractivity contribution in [3.63, 3.8) is 0 Å². The Morgan fingerprint density at radius 1 is 1.33 bits per heavy atom. The van der Waals surface area contributed by atoms with Crippen LogP contribution in [0.3, 0.4) is 0 Å². The number of anilines is 1. The number of benzene rings is 1.